The Morgan fingerprint density at radius 2 is 1.69 bits per heavy atom. The number of benzene rings is 2. The van der Waals surface area contributed by atoms with Gasteiger partial charge in [-0.3, -0.25) is 14.5 Å². The maximum atomic E-state index is 14.1. The Kier molecular flexibility index (Phi) is 6.54. The number of anilines is 1. The zero-order valence-electron chi connectivity index (χ0n) is 21.9. The predicted molar refractivity (Wildman–Crippen MR) is 144 cm³/mol. The molecule has 2 aliphatic rings. The Bertz CT molecular complexity index is 1300. The van der Waals surface area contributed by atoms with Gasteiger partial charge in [-0.25, -0.2) is 0 Å². The summed E-state index contributed by atoms with van der Waals surface area (Å²) in [6.07, 6.45) is 7.97. The van der Waals surface area contributed by atoms with Gasteiger partial charge in [0.15, 0.2) is 0 Å². The number of nitrogens with one attached hydrogen (secondary N) is 1. The number of hydrogen-bond acceptors (Lipinski definition) is 3. The van der Waals surface area contributed by atoms with Gasteiger partial charge >= 0.3 is 0 Å². The summed E-state index contributed by atoms with van der Waals surface area (Å²) in [4.78, 5) is 30.0. The van der Waals surface area contributed by atoms with Crippen LogP contribution in [0.1, 0.15) is 73.5 Å². The number of carbonyl (C=O) groups is 2. The number of nitrogens with zero attached hydrogens (tertiary/aromatic N) is 2. The van der Waals surface area contributed by atoms with Crippen molar-refractivity contribution in [3.63, 3.8) is 0 Å². The number of hydrogen-bond donors (Lipinski definition) is 1. The first-order valence-corrected chi connectivity index (χ1v) is 13.2. The maximum absolute atomic E-state index is 14.1. The van der Waals surface area contributed by atoms with Crippen LogP contribution in [0, 0.1) is 13.8 Å². The molecule has 3 aromatic rings. The SMILES string of the molecule is COc1ccc2cc3n(c2c1)C[C@@](C)(C(=O)NC1CCCCCCC1)N(c1ccc(C)c(C)c1)C3=O. The highest BCUT2D eigenvalue weighted by molar-refractivity contribution is 6.14. The summed E-state index contributed by atoms with van der Waals surface area (Å²) in [6, 6.07) is 13.9. The molecule has 1 N–H and O–H groups in total. The van der Waals surface area contributed by atoms with Crippen molar-refractivity contribution in [3.05, 3.63) is 59.3 Å². The predicted octanol–water partition coefficient (Wildman–Crippen LogP) is 5.91. The molecule has 1 aliphatic carbocycles. The van der Waals surface area contributed by atoms with E-state index in [9.17, 15) is 9.59 Å². The number of aromatic nitrogens is 1. The number of fused-ring (bicyclic) bond motifs is 3. The molecule has 36 heavy (non-hydrogen) atoms. The van der Waals surface area contributed by atoms with Gasteiger partial charge in [0.1, 0.15) is 17.0 Å². The molecule has 1 aliphatic heterocycles. The second kappa shape index (κ2) is 9.64. The van der Waals surface area contributed by atoms with Crippen LogP contribution in [0.2, 0.25) is 0 Å². The van der Waals surface area contributed by atoms with Crippen LogP contribution < -0.4 is 15.0 Å². The highest BCUT2D eigenvalue weighted by Gasteiger charge is 2.49. The van der Waals surface area contributed by atoms with Gasteiger partial charge in [0, 0.05) is 23.2 Å². The average Bonchev–Trinajstić information content (AvgIpc) is 3.20. The Morgan fingerprint density at radius 3 is 2.39 bits per heavy atom. The van der Waals surface area contributed by atoms with Gasteiger partial charge in [-0.15, -0.1) is 0 Å². The van der Waals surface area contributed by atoms with Gasteiger partial charge in [-0.1, -0.05) is 38.2 Å². The van der Waals surface area contributed by atoms with Gasteiger partial charge in [0.2, 0.25) is 5.91 Å². The molecule has 190 valence electrons. The zero-order chi connectivity index (χ0) is 25.4. The van der Waals surface area contributed by atoms with Gasteiger partial charge < -0.3 is 14.6 Å². The summed E-state index contributed by atoms with van der Waals surface area (Å²) < 4.78 is 7.45. The van der Waals surface area contributed by atoms with Crippen LogP contribution in [0.15, 0.2) is 42.5 Å². The van der Waals surface area contributed by atoms with Crippen molar-refractivity contribution in [1.82, 2.24) is 9.88 Å². The molecule has 1 fully saturated rings. The Balaban J connectivity index is 1.60. The third-order valence-corrected chi connectivity index (χ3v) is 8.17. The van der Waals surface area contributed by atoms with E-state index in [0.29, 0.717) is 12.2 Å². The molecule has 2 heterocycles. The van der Waals surface area contributed by atoms with E-state index in [-0.39, 0.29) is 17.9 Å². The summed E-state index contributed by atoms with van der Waals surface area (Å²) in [7, 11) is 1.64. The maximum Gasteiger partial charge on any atom is 0.275 e. The smallest absolute Gasteiger partial charge is 0.275 e. The van der Waals surface area contributed by atoms with Crippen LogP contribution >= 0.6 is 0 Å². The molecule has 6 nitrogen and oxygen atoms in total. The molecule has 5 rings (SSSR count). The van der Waals surface area contributed by atoms with Crippen molar-refractivity contribution in [1.29, 1.82) is 0 Å². The molecule has 6 heteroatoms. The molecule has 0 radical (unpaired) electrons. The lowest BCUT2D eigenvalue weighted by Crippen LogP contribution is -2.65. The standard InChI is InChI=1S/C30H37N3O3/c1-20-12-14-24(16-21(20)2)33-28(34)27-17-22-13-15-25(36-4)18-26(22)32(27)19-30(33,3)29(35)31-23-10-8-6-5-7-9-11-23/h12-18,23H,5-11,19H2,1-4H3,(H,31,35)/t30-/m0/s1. The van der Waals surface area contributed by atoms with E-state index in [1.165, 1.54) is 19.3 Å². The molecule has 1 saturated carbocycles. The van der Waals surface area contributed by atoms with Gasteiger partial charge in [0.05, 0.1) is 19.2 Å². The molecular weight excluding hydrogens is 450 g/mol. The second-order valence-electron chi connectivity index (χ2n) is 10.7. The monoisotopic (exact) mass is 487 g/mol. The van der Waals surface area contributed by atoms with Gasteiger partial charge in [0.25, 0.3) is 5.91 Å². The van der Waals surface area contributed by atoms with Crippen molar-refractivity contribution in [2.45, 2.75) is 83.8 Å². The number of amides is 2. The largest absolute Gasteiger partial charge is 0.497 e. The molecule has 0 spiro atoms. The van der Waals surface area contributed by atoms with Crippen LogP contribution in [0.25, 0.3) is 10.9 Å². The number of ether oxygens (including phenoxy) is 1. The number of methoxy groups -OCH3 is 1. The van der Waals surface area contributed by atoms with Crippen LogP contribution in [-0.4, -0.2) is 35.1 Å². The lowest BCUT2D eigenvalue weighted by molar-refractivity contribution is -0.127. The molecule has 0 unspecified atom stereocenters. The number of carbonyl (C=O) groups excluding carboxylic acids is 2. The summed E-state index contributed by atoms with van der Waals surface area (Å²) >= 11 is 0. The van der Waals surface area contributed by atoms with Crippen molar-refractivity contribution < 1.29 is 14.3 Å². The van der Waals surface area contributed by atoms with E-state index in [2.05, 4.69) is 12.2 Å². The minimum Gasteiger partial charge on any atom is -0.497 e. The highest BCUT2D eigenvalue weighted by Crippen LogP contribution is 2.37. The topological polar surface area (TPSA) is 63.6 Å². The summed E-state index contributed by atoms with van der Waals surface area (Å²) in [5.74, 6) is 0.484. The fourth-order valence-electron chi connectivity index (χ4n) is 5.81. The first kappa shape index (κ1) is 24.4. The van der Waals surface area contributed by atoms with Crippen molar-refractivity contribution in [3.8, 4) is 5.75 Å². The van der Waals surface area contributed by atoms with E-state index in [1.54, 1.807) is 12.0 Å². The zero-order valence-corrected chi connectivity index (χ0v) is 21.9. The van der Waals surface area contributed by atoms with Gasteiger partial charge in [-0.2, -0.15) is 0 Å². The Morgan fingerprint density at radius 1 is 0.972 bits per heavy atom. The summed E-state index contributed by atoms with van der Waals surface area (Å²) in [5.41, 5.74) is 3.43. The van der Waals surface area contributed by atoms with E-state index in [0.717, 1.165) is 59.2 Å². The van der Waals surface area contributed by atoms with Crippen LogP contribution in [0.5, 0.6) is 5.75 Å². The van der Waals surface area contributed by atoms with Crippen molar-refractivity contribution >= 4 is 28.4 Å². The molecule has 0 saturated heterocycles. The van der Waals surface area contributed by atoms with Crippen molar-refractivity contribution in [2.75, 3.05) is 12.0 Å². The molecule has 0 bridgehead atoms. The Labute approximate surface area is 213 Å². The van der Waals surface area contributed by atoms with Crippen LogP contribution in [0.3, 0.4) is 0 Å². The van der Waals surface area contributed by atoms with Crippen LogP contribution in [0.4, 0.5) is 5.69 Å². The van der Waals surface area contributed by atoms with Gasteiger partial charge in [-0.05, 0) is 75.1 Å². The first-order chi connectivity index (χ1) is 17.3. The average molecular weight is 488 g/mol. The summed E-state index contributed by atoms with van der Waals surface area (Å²) in [6.45, 7) is 6.38. The van der Waals surface area contributed by atoms with E-state index < -0.39 is 5.54 Å². The quantitative estimate of drug-likeness (QED) is 0.497. The third-order valence-electron chi connectivity index (χ3n) is 8.17. The highest BCUT2D eigenvalue weighted by atomic mass is 16.5. The lowest BCUT2D eigenvalue weighted by Gasteiger charge is -2.44. The first-order valence-electron chi connectivity index (χ1n) is 13.2. The molecule has 2 aromatic carbocycles. The number of rotatable bonds is 4. The van der Waals surface area contributed by atoms with E-state index in [4.69, 9.17) is 4.74 Å². The second-order valence-corrected chi connectivity index (χ2v) is 10.7. The van der Waals surface area contributed by atoms with E-state index >= 15 is 0 Å². The third kappa shape index (κ3) is 4.27. The number of aryl methyl sites for hydroxylation is 2. The molecule has 1 atom stereocenters. The molecule has 1 aromatic heterocycles. The minimum atomic E-state index is -1.08. The minimum absolute atomic E-state index is 0.0879. The normalized spacial score (nSPS) is 21.1. The lowest BCUT2D eigenvalue weighted by atomic mass is 9.91. The Hall–Kier alpha value is -3.28. The van der Waals surface area contributed by atoms with Crippen molar-refractivity contribution in [2.24, 2.45) is 0 Å². The van der Waals surface area contributed by atoms with E-state index in [1.807, 2.05) is 60.9 Å². The molecular formula is C30H37N3O3. The fraction of sp³-hybridized carbons (Fsp3) is 0.467. The van der Waals surface area contributed by atoms with Crippen LogP contribution in [-0.2, 0) is 11.3 Å². The summed E-state index contributed by atoms with van der Waals surface area (Å²) in [5, 5.41) is 4.33. The molecule has 2 amide bonds. The fourth-order valence-corrected chi connectivity index (χ4v) is 5.81.